The molecule has 1 saturated heterocycles. The highest BCUT2D eigenvalue weighted by atomic mass is 16.2. The third-order valence-electron chi connectivity index (χ3n) is 2.14. The topological polar surface area (TPSA) is 49.4 Å². The second-order valence-electron chi connectivity index (χ2n) is 2.90. The molecule has 1 heterocycles. The van der Waals surface area contributed by atoms with E-state index in [4.69, 9.17) is 0 Å². The molecule has 0 aromatic rings. The minimum atomic E-state index is -0.229. The first-order valence-corrected chi connectivity index (χ1v) is 4.21. The molecule has 0 spiro atoms. The van der Waals surface area contributed by atoms with E-state index in [1.54, 1.807) is 4.90 Å². The van der Waals surface area contributed by atoms with Gasteiger partial charge in [0.2, 0.25) is 11.8 Å². The van der Waals surface area contributed by atoms with E-state index in [1.165, 1.54) is 6.92 Å². The quantitative estimate of drug-likeness (QED) is 0.621. The van der Waals surface area contributed by atoms with Crippen LogP contribution in [0, 0.1) is 0 Å². The van der Waals surface area contributed by atoms with Gasteiger partial charge in [-0.2, -0.15) is 0 Å². The lowest BCUT2D eigenvalue weighted by atomic mass is 10.2. The molecule has 1 aliphatic heterocycles. The highest BCUT2D eigenvalue weighted by Gasteiger charge is 2.30. The van der Waals surface area contributed by atoms with E-state index in [2.05, 4.69) is 5.32 Å². The monoisotopic (exact) mass is 170 g/mol. The SMILES string of the molecule is CCN(C(C)=O)C1CCNC1=O. The first-order chi connectivity index (χ1) is 5.66. The van der Waals surface area contributed by atoms with Gasteiger partial charge in [0, 0.05) is 20.0 Å². The molecule has 1 atom stereocenters. The predicted molar refractivity (Wildman–Crippen MR) is 44.5 cm³/mol. The maximum atomic E-state index is 11.2. The van der Waals surface area contributed by atoms with Gasteiger partial charge in [-0.05, 0) is 13.3 Å². The Kier molecular flexibility index (Phi) is 2.68. The second-order valence-corrected chi connectivity index (χ2v) is 2.90. The maximum absolute atomic E-state index is 11.2. The van der Waals surface area contributed by atoms with Crippen molar-refractivity contribution in [2.45, 2.75) is 26.3 Å². The van der Waals surface area contributed by atoms with Crippen molar-refractivity contribution in [3.8, 4) is 0 Å². The Morgan fingerprint density at radius 2 is 2.42 bits per heavy atom. The highest BCUT2D eigenvalue weighted by molar-refractivity contribution is 5.88. The minimum Gasteiger partial charge on any atom is -0.354 e. The fourth-order valence-corrected chi connectivity index (χ4v) is 1.54. The minimum absolute atomic E-state index is 0.0212. The fraction of sp³-hybridized carbons (Fsp3) is 0.750. The van der Waals surface area contributed by atoms with Gasteiger partial charge in [0.05, 0.1) is 0 Å². The lowest BCUT2D eigenvalue weighted by Gasteiger charge is -2.23. The van der Waals surface area contributed by atoms with Crippen molar-refractivity contribution in [3.63, 3.8) is 0 Å². The Bertz CT molecular complexity index is 203. The molecule has 0 radical (unpaired) electrons. The molecule has 1 aliphatic rings. The fourth-order valence-electron chi connectivity index (χ4n) is 1.54. The Morgan fingerprint density at radius 3 is 2.75 bits per heavy atom. The summed E-state index contributed by atoms with van der Waals surface area (Å²) >= 11 is 0. The van der Waals surface area contributed by atoms with Gasteiger partial charge in [0.1, 0.15) is 6.04 Å². The summed E-state index contributed by atoms with van der Waals surface area (Å²) in [6, 6.07) is -0.229. The second kappa shape index (κ2) is 3.56. The third-order valence-corrected chi connectivity index (χ3v) is 2.14. The van der Waals surface area contributed by atoms with Crippen LogP contribution in [-0.2, 0) is 9.59 Å². The number of carbonyl (C=O) groups is 2. The van der Waals surface area contributed by atoms with Crippen LogP contribution in [-0.4, -0.2) is 35.8 Å². The molecule has 0 aromatic heterocycles. The number of hydrogen-bond donors (Lipinski definition) is 1. The van der Waals surface area contributed by atoms with E-state index in [1.807, 2.05) is 6.92 Å². The number of carbonyl (C=O) groups excluding carboxylic acids is 2. The molecule has 0 aromatic carbocycles. The number of likely N-dealkylation sites (N-methyl/N-ethyl adjacent to an activating group) is 1. The standard InChI is InChI=1S/C8H14N2O2/c1-3-10(6(2)11)7-4-5-9-8(7)12/h7H,3-5H2,1-2H3,(H,9,12). The van der Waals surface area contributed by atoms with E-state index in [9.17, 15) is 9.59 Å². The normalized spacial score (nSPS) is 22.2. The highest BCUT2D eigenvalue weighted by Crippen LogP contribution is 2.09. The zero-order chi connectivity index (χ0) is 9.14. The van der Waals surface area contributed by atoms with Gasteiger partial charge < -0.3 is 10.2 Å². The van der Waals surface area contributed by atoms with Gasteiger partial charge in [-0.1, -0.05) is 0 Å². The Hall–Kier alpha value is -1.06. The number of nitrogens with one attached hydrogen (secondary N) is 1. The van der Waals surface area contributed by atoms with Gasteiger partial charge in [-0.25, -0.2) is 0 Å². The molecule has 4 heteroatoms. The van der Waals surface area contributed by atoms with E-state index in [-0.39, 0.29) is 17.9 Å². The van der Waals surface area contributed by atoms with Gasteiger partial charge >= 0.3 is 0 Å². The molecular weight excluding hydrogens is 156 g/mol. The van der Waals surface area contributed by atoms with Crippen LogP contribution in [0.3, 0.4) is 0 Å². The summed E-state index contributed by atoms with van der Waals surface area (Å²) in [4.78, 5) is 23.8. The molecule has 1 rings (SSSR count). The van der Waals surface area contributed by atoms with Crippen molar-refractivity contribution in [1.82, 2.24) is 10.2 Å². The molecular formula is C8H14N2O2. The summed E-state index contributed by atoms with van der Waals surface area (Å²) in [5, 5.41) is 2.71. The van der Waals surface area contributed by atoms with Gasteiger partial charge in [0.15, 0.2) is 0 Å². The number of amides is 2. The molecule has 1 unspecified atom stereocenters. The molecule has 0 saturated carbocycles. The first kappa shape index (κ1) is 9.03. The van der Waals surface area contributed by atoms with E-state index >= 15 is 0 Å². The van der Waals surface area contributed by atoms with Crippen molar-refractivity contribution in [3.05, 3.63) is 0 Å². The Labute approximate surface area is 71.9 Å². The van der Waals surface area contributed by atoms with Crippen LogP contribution >= 0.6 is 0 Å². The number of rotatable bonds is 2. The summed E-state index contributed by atoms with van der Waals surface area (Å²) in [5.74, 6) is -0.0494. The number of hydrogen-bond acceptors (Lipinski definition) is 2. The molecule has 4 nitrogen and oxygen atoms in total. The molecule has 1 fully saturated rings. The van der Waals surface area contributed by atoms with Crippen LogP contribution in [0.5, 0.6) is 0 Å². The van der Waals surface area contributed by atoms with Gasteiger partial charge in [-0.15, -0.1) is 0 Å². The molecule has 0 bridgehead atoms. The molecule has 2 amide bonds. The van der Waals surface area contributed by atoms with Crippen molar-refractivity contribution < 1.29 is 9.59 Å². The number of nitrogens with zero attached hydrogens (tertiary/aromatic N) is 1. The van der Waals surface area contributed by atoms with E-state index in [0.717, 1.165) is 6.42 Å². The zero-order valence-corrected chi connectivity index (χ0v) is 7.46. The van der Waals surface area contributed by atoms with Crippen molar-refractivity contribution in [2.24, 2.45) is 0 Å². The van der Waals surface area contributed by atoms with Crippen molar-refractivity contribution in [1.29, 1.82) is 0 Å². The molecule has 0 aliphatic carbocycles. The smallest absolute Gasteiger partial charge is 0.242 e. The van der Waals surface area contributed by atoms with Crippen LogP contribution in [0.25, 0.3) is 0 Å². The zero-order valence-electron chi connectivity index (χ0n) is 7.46. The maximum Gasteiger partial charge on any atom is 0.242 e. The van der Waals surface area contributed by atoms with Crippen LogP contribution in [0.4, 0.5) is 0 Å². The van der Waals surface area contributed by atoms with Crippen LogP contribution in [0.2, 0.25) is 0 Å². The van der Waals surface area contributed by atoms with Crippen molar-refractivity contribution >= 4 is 11.8 Å². The molecule has 1 N–H and O–H groups in total. The summed E-state index contributed by atoms with van der Waals surface area (Å²) < 4.78 is 0. The average Bonchev–Trinajstić information content (AvgIpc) is 2.38. The summed E-state index contributed by atoms with van der Waals surface area (Å²) in [6.07, 6.45) is 0.742. The third kappa shape index (κ3) is 1.57. The van der Waals surface area contributed by atoms with Gasteiger partial charge in [0.25, 0.3) is 0 Å². The van der Waals surface area contributed by atoms with Crippen molar-refractivity contribution in [2.75, 3.05) is 13.1 Å². The molecule has 12 heavy (non-hydrogen) atoms. The summed E-state index contributed by atoms with van der Waals surface area (Å²) in [5.41, 5.74) is 0. The van der Waals surface area contributed by atoms with Crippen LogP contribution < -0.4 is 5.32 Å². The van der Waals surface area contributed by atoms with E-state index in [0.29, 0.717) is 13.1 Å². The van der Waals surface area contributed by atoms with E-state index < -0.39 is 0 Å². The first-order valence-electron chi connectivity index (χ1n) is 4.21. The largest absolute Gasteiger partial charge is 0.354 e. The lowest BCUT2D eigenvalue weighted by Crippen LogP contribution is -2.43. The summed E-state index contributed by atoms with van der Waals surface area (Å²) in [7, 11) is 0. The lowest BCUT2D eigenvalue weighted by molar-refractivity contribution is -0.136. The predicted octanol–water partition coefficient (Wildman–Crippen LogP) is -0.257. The Balaban J connectivity index is 2.65. The Morgan fingerprint density at radius 1 is 1.75 bits per heavy atom. The van der Waals surface area contributed by atoms with Crippen LogP contribution in [0.15, 0.2) is 0 Å². The van der Waals surface area contributed by atoms with Gasteiger partial charge in [-0.3, -0.25) is 9.59 Å². The molecule has 68 valence electrons. The average molecular weight is 170 g/mol. The summed E-state index contributed by atoms with van der Waals surface area (Å²) in [6.45, 7) is 4.67. The van der Waals surface area contributed by atoms with Crippen LogP contribution in [0.1, 0.15) is 20.3 Å².